The molecular formula is C63H50NP3. The van der Waals surface area contributed by atoms with E-state index in [0.717, 1.165) is 29.9 Å². The molecule has 0 bridgehead atoms. The monoisotopic (exact) mass is 913 g/mol. The second kappa shape index (κ2) is 17.6. The molecule has 0 saturated carbocycles. The number of nitrogens with zero attached hydrogens (tertiary/aromatic N) is 1. The van der Waals surface area contributed by atoms with Gasteiger partial charge in [-0.25, -0.2) is 0 Å². The molecule has 4 heteroatoms. The van der Waals surface area contributed by atoms with Crippen molar-refractivity contribution >= 4 is 96.2 Å². The van der Waals surface area contributed by atoms with Crippen LogP contribution in [-0.2, 0) is 0 Å². The maximum Gasteiger partial charge on any atom is 0.0462 e. The molecule has 3 unspecified atom stereocenters. The van der Waals surface area contributed by atoms with Crippen molar-refractivity contribution < 1.29 is 0 Å². The molecule has 8 aromatic rings. The second-order valence-electron chi connectivity index (χ2n) is 17.8. The third kappa shape index (κ3) is 7.56. The van der Waals surface area contributed by atoms with Crippen LogP contribution >= 0.6 is 23.8 Å². The highest BCUT2D eigenvalue weighted by Gasteiger charge is 2.26. The molecular weight excluding hydrogens is 864 g/mol. The molecule has 0 saturated heterocycles. The Labute approximate surface area is 399 Å². The topological polar surface area (TPSA) is 3.24 Å². The average Bonchev–Trinajstić information content (AvgIpc) is 3.67. The molecule has 3 atom stereocenters. The molecule has 1 nitrogen and oxygen atoms in total. The highest BCUT2D eigenvalue weighted by Crippen LogP contribution is 2.51. The van der Waals surface area contributed by atoms with E-state index in [1.54, 1.807) is 5.31 Å². The zero-order valence-electron chi connectivity index (χ0n) is 38.1. The van der Waals surface area contributed by atoms with Crippen molar-refractivity contribution in [1.82, 2.24) is 0 Å². The van der Waals surface area contributed by atoms with Crippen molar-refractivity contribution in [3.05, 3.63) is 268 Å². The number of benzene rings is 8. The summed E-state index contributed by atoms with van der Waals surface area (Å²) < 4.78 is 0. The number of hydrogen-bond donors (Lipinski definition) is 0. The highest BCUT2D eigenvalue weighted by atomic mass is 31.1. The van der Waals surface area contributed by atoms with Gasteiger partial charge in [0.1, 0.15) is 0 Å². The predicted molar refractivity (Wildman–Crippen MR) is 296 cm³/mol. The first-order valence-electron chi connectivity index (χ1n) is 23.3. The van der Waals surface area contributed by atoms with Gasteiger partial charge < -0.3 is 4.90 Å². The van der Waals surface area contributed by atoms with Crippen LogP contribution in [0.1, 0.15) is 57.3 Å². The molecule has 67 heavy (non-hydrogen) atoms. The summed E-state index contributed by atoms with van der Waals surface area (Å²) in [7, 11) is -1.37. The van der Waals surface area contributed by atoms with E-state index in [1.165, 1.54) is 93.3 Å². The van der Waals surface area contributed by atoms with E-state index < -0.39 is 23.8 Å². The summed E-state index contributed by atoms with van der Waals surface area (Å²) in [5.41, 5.74) is 18.9. The van der Waals surface area contributed by atoms with E-state index in [2.05, 4.69) is 249 Å². The lowest BCUT2D eigenvalue weighted by Gasteiger charge is -2.27. The summed E-state index contributed by atoms with van der Waals surface area (Å²) in [4.78, 5) is 2.43. The van der Waals surface area contributed by atoms with Crippen LogP contribution in [0.3, 0.4) is 0 Å². The lowest BCUT2D eigenvalue weighted by Crippen LogP contribution is -2.14. The molecule has 0 amide bonds. The summed E-state index contributed by atoms with van der Waals surface area (Å²) in [5.74, 6) is 0. The lowest BCUT2D eigenvalue weighted by atomic mass is 9.93. The summed E-state index contributed by atoms with van der Waals surface area (Å²) in [6.45, 7) is 7.26. The number of allylic oxidation sites excluding steroid dienone is 5. The number of hydrogen-bond acceptors (Lipinski definition) is 1. The Hall–Kier alpha value is -6.45. The molecule has 0 fully saturated rings. The van der Waals surface area contributed by atoms with Crippen LogP contribution in [0.25, 0.3) is 28.9 Å². The highest BCUT2D eigenvalue weighted by molar-refractivity contribution is 7.73. The van der Waals surface area contributed by atoms with Gasteiger partial charge in [0, 0.05) is 17.1 Å². The Balaban J connectivity index is 0.968. The van der Waals surface area contributed by atoms with Crippen LogP contribution in [0.15, 0.2) is 223 Å². The van der Waals surface area contributed by atoms with Gasteiger partial charge in [0.25, 0.3) is 0 Å². The van der Waals surface area contributed by atoms with Crippen LogP contribution in [0.4, 0.5) is 17.1 Å². The van der Waals surface area contributed by atoms with Crippen LogP contribution in [0, 0.1) is 0 Å². The molecule has 8 aromatic carbocycles. The Kier molecular flexibility index (Phi) is 11.0. The summed E-state index contributed by atoms with van der Waals surface area (Å²) in [6.07, 6.45) is 14.3. The number of anilines is 3. The lowest BCUT2D eigenvalue weighted by molar-refractivity contribution is 1.01. The van der Waals surface area contributed by atoms with Gasteiger partial charge in [-0.2, -0.15) is 0 Å². The van der Waals surface area contributed by atoms with Gasteiger partial charge in [0.15, 0.2) is 0 Å². The minimum Gasteiger partial charge on any atom is -0.311 e. The molecule has 0 spiro atoms. The molecule has 3 aliphatic heterocycles. The SMILES string of the molecule is CP1C2=C(C=CCC2)C=C(c2ccc(N(c3ccc(C4=Cc5ccccc5P(C)c5ccccc54)cc3)c3ccc(C4=Cc5ccccc5P(C)c5ccccc54)cc3)cc2)c2ccccc21. The molecule has 1 aliphatic carbocycles. The Morgan fingerprint density at radius 2 is 0.716 bits per heavy atom. The Morgan fingerprint density at radius 1 is 0.358 bits per heavy atom. The number of fused-ring (bicyclic) bond motifs is 5. The zero-order valence-corrected chi connectivity index (χ0v) is 40.7. The predicted octanol–water partition coefficient (Wildman–Crippen LogP) is 14.9. The van der Waals surface area contributed by atoms with E-state index in [1.807, 2.05) is 0 Å². The minimum absolute atomic E-state index is 0.401. The van der Waals surface area contributed by atoms with Crippen LogP contribution in [0.2, 0.25) is 0 Å². The summed E-state index contributed by atoms with van der Waals surface area (Å²) in [5, 5.41) is 8.82. The van der Waals surface area contributed by atoms with E-state index in [-0.39, 0.29) is 0 Å². The smallest absolute Gasteiger partial charge is 0.0462 e. The summed E-state index contributed by atoms with van der Waals surface area (Å²) in [6, 6.07) is 72.9. The Bertz CT molecular complexity index is 3230. The first-order valence-corrected chi connectivity index (χ1v) is 28.7. The summed E-state index contributed by atoms with van der Waals surface area (Å²) >= 11 is 0. The van der Waals surface area contributed by atoms with Gasteiger partial charge in [0.2, 0.25) is 0 Å². The maximum absolute atomic E-state index is 2.46. The van der Waals surface area contributed by atoms with E-state index in [0.29, 0.717) is 0 Å². The van der Waals surface area contributed by atoms with Gasteiger partial charge in [0.05, 0.1) is 0 Å². The molecule has 0 aromatic heterocycles. The second-order valence-corrected chi connectivity index (χ2v) is 24.1. The molecule has 12 rings (SSSR count). The van der Waals surface area contributed by atoms with Crippen LogP contribution < -0.4 is 31.4 Å². The maximum atomic E-state index is 2.46. The first-order chi connectivity index (χ1) is 33.0. The fraction of sp³-hybridized carbons (Fsp3) is 0.0794. The minimum atomic E-state index is -0.485. The van der Waals surface area contributed by atoms with Crippen molar-refractivity contribution in [3.63, 3.8) is 0 Å². The van der Waals surface area contributed by atoms with E-state index in [9.17, 15) is 0 Å². The first kappa shape index (κ1) is 41.9. The molecule has 3 heterocycles. The fourth-order valence-corrected chi connectivity index (χ4v) is 16.7. The molecule has 0 N–H and O–H groups in total. The fourth-order valence-electron chi connectivity index (χ4n) is 10.6. The average molecular weight is 914 g/mol. The quantitative estimate of drug-likeness (QED) is 0.150. The largest absolute Gasteiger partial charge is 0.311 e. The van der Waals surface area contributed by atoms with Gasteiger partial charge in [-0.15, -0.1) is 0 Å². The third-order valence-electron chi connectivity index (χ3n) is 14.1. The van der Waals surface area contributed by atoms with Crippen LogP contribution in [-0.4, -0.2) is 20.0 Å². The van der Waals surface area contributed by atoms with Crippen molar-refractivity contribution in [2.75, 3.05) is 24.9 Å². The molecule has 0 radical (unpaired) electrons. The van der Waals surface area contributed by atoms with Gasteiger partial charge >= 0.3 is 0 Å². The van der Waals surface area contributed by atoms with Crippen molar-refractivity contribution in [1.29, 1.82) is 0 Å². The normalized spacial score (nSPS) is 18.0. The molecule has 322 valence electrons. The van der Waals surface area contributed by atoms with Gasteiger partial charge in [-0.1, -0.05) is 178 Å². The number of rotatable bonds is 6. The van der Waals surface area contributed by atoms with E-state index >= 15 is 0 Å². The zero-order chi connectivity index (χ0) is 45.0. The van der Waals surface area contributed by atoms with Crippen molar-refractivity contribution in [3.8, 4) is 0 Å². The third-order valence-corrected chi connectivity index (χ3v) is 20.9. The molecule has 4 aliphatic rings. The van der Waals surface area contributed by atoms with Crippen molar-refractivity contribution in [2.24, 2.45) is 0 Å². The van der Waals surface area contributed by atoms with E-state index in [4.69, 9.17) is 0 Å². The van der Waals surface area contributed by atoms with Gasteiger partial charge in [-0.05, 0) is 202 Å². The Morgan fingerprint density at radius 3 is 1.15 bits per heavy atom. The standard InChI is InChI=1S/C63H50NP3/c1-65-58-22-10-4-16-46(58)40-55(52-19-7-13-25-61(52)65)43-28-34-49(35-29-43)64(50-36-30-44(31-37-50)56-41-47-17-5-11-23-59(47)66(2)62-26-14-8-20-53(56)62)51-38-32-45(33-39-51)57-42-48-18-6-12-24-60(48)67(3)63-27-15-9-21-54(57)63/h4-11,13-23,25-42H,12,24H2,1-3H3. The van der Waals surface area contributed by atoms with Crippen molar-refractivity contribution in [2.45, 2.75) is 12.8 Å². The van der Waals surface area contributed by atoms with Gasteiger partial charge in [-0.3, -0.25) is 0 Å². The van der Waals surface area contributed by atoms with Crippen LogP contribution in [0.5, 0.6) is 0 Å².